The first-order valence-electron chi connectivity index (χ1n) is 7.10. The van der Waals surface area contributed by atoms with Crippen LogP contribution in [0.3, 0.4) is 0 Å². The monoisotopic (exact) mass is 369 g/mol. The van der Waals surface area contributed by atoms with Crippen LogP contribution in [-0.2, 0) is 11.3 Å². The van der Waals surface area contributed by atoms with Crippen molar-refractivity contribution in [2.45, 2.75) is 12.9 Å². The largest absolute Gasteiger partial charge is 0.522 e. The van der Waals surface area contributed by atoms with Gasteiger partial charge in [0.05, 0.1) is 18.8 Å². The third-order valence-corrected chi connectivity index (χ3v) is 3.37. The van der Waals surface area contributed by atoms with Gasteiger partial charge in [0.1, 0.15) is 5.69 Å². The van der Waals surface area contributed by atoms with E-state index in [1.807, 2.05) is 0 Å². The maximum absolute atomic E-state index is 12.1. The standard InChI is InChI=1S/C15H11ClF3N5O/c16-14-21-5-3-12(22-14)11-9-24(6-7-25-15(17,18)19)23-13(11)10-2-1-4-20-8-10/h1-5,8-9H,6-7H2. The molecule has 0 aromatic carbocycles. The van der Waals surface area contributed by atoms with Crippen LogP contribution in [0.25, 0.3) is 22.5 Å². The lowest BCUT2D eigenvalue weighted by Crippen LogP contribution is -2.17. The first-order valence-corrected chi connectivity index (χ1v) is 7.47. The average Bonchev–Trinajstić information content (AvgIpc) is 2.99. The van der Waals surface area contributed by atoms with Gasteiger partial charge in [0, 0.05) is 35.9 Å². The van der Waals surface area contributed by atoms with Crippen molar-refractivity contribution in [3.05, 3.63) is 48.3 Å². The summed E-state index contributed by atoms with van der Waals surface area (Å²) in [7, 11) is 0. The van der Waals surface area contributed by atoms with Crippen molar-refractivity contribution in [3.63, 3.8) is 0 Å². The molecule has 0 spiro atoms. The van der Waals surface area contributed by atoms with Crippen molar-refractivity contribution in [2.24, 2.45) is 0 Å². The predicted octanol–water partition coefficient (Wildman–Crippen LogP) is 3.59. The van der Waals surface area contributed by atoms with E-state index in [9.17, 15) is 13.2 Å². The Kier molecular flexibility index (Phi) is 4.95. The highest BCUT2D eigenvalue weighted by molar-refractivity contribution is 6.28. The molecule has 3 aromatic heterocycles. The van der Waals surface area contributed by atoms with Gasteiger partial charge in [-0.1, -0.05) is 0 Å². The number of hydrogen-bond acceptors (Lipinski definition) is 5. The Labute approximate surface area is 145 Å². The lowest BCUT2D eigenvalue weighted by molar-refractivity contribution is -0.325. The maximum atomic E-state index is 12.1. The van der Waals surface area contributed by atoms with Crippen LogP contribution in [0.4, 0.5) is 13.2 Å². The molecule has 0 saturated carbocycles. The minimum Gasteiger partial charge on any atom is -0.290 e. The number of pyridine rings is 1. The van der Waals surface area contributed by atoms with E-state index in [0.717, 1.165) is 0 Å². The third kappa shape index (κ3) is 4.52. The van der Waals surface area contributed by atoms with Crippen molar-refractivity contribution in [1.82, 2.24) is 24.7 Å². The van der Waals surface area contributed by atoms with Gasteiger partial charge in [0.2, 0.25) is 5.28 Å². The Bertz CT molecular complexity index is 854. The van der Waals surface area contributed by atoms with E-state index in [0.29, 0.717) is 22.5 Å². The second-order valence-electron chi connectivity index (χ2n) is 4.90. The molecule has 0 fully saturated rings. The molecule has 3 heterocycles. The number of alkyl halides is 3. The van der Waals surface area contributed by atoms with Gasteiger partial charge in [-0.15, -0.1) is 13.2 Å². The van der Waals surface area contributed by atoms with E-state index in [1.165, 1.54) is 10.9 Å². The summed E-state index contributed by atoms with van der Waals surface area (Å²) in [6.07, 6.45) is 1.61. The SMILES string of the molecule is FC(F)(F)OCCn1cc(-c2ccnc(Cl)n2)c(-c2cccnc2)n1. The van der Waals surface area contributed by atoms with Crippen LogP contribution in [0.5, 0.6) is 0 Å². The Hall–Kier alpha value is -2.52. The van der Waals surface area contributed by atoms with Gasteiger partial charge >= 0.3 is 6.36 Å². The molecule has 0 N–H and O–H groups in total. The van der Waals surface area contributed by atoms with E-state index in [-0.39, 0.29) is 11.8 Å². The minimum atomic E-state index is -4.68. The molecule has 0 atom stereocenters. The molecular formula is C15H11ClF3N5O. The minimum absolute atomic E-state index is 0.0581. The fourth-order valence-electron chi connectivity index (χ4n) is 2.18. The van der Waals surface area contributed by atoms with E-state index < -0.39 is 13.0 Å². The third-order valence-electron chi connectivity index (χ3n) is 3.18. The Balaban J connectivity index is 1.95. The molecule has 0 aliphatic heterocycles. The van der Waals surface area contributed by atoms with Crippen LogP contribution < -0.4 is 0 Å². The molecule has 0 radical (unpaired) electrons. The summed E-state index contributed by atoms with van der Waals surface area (Å²) in [5.41, 5.74) is 2.32. The van der Waals surface area contributed by atoms with Gasteiger partial charge in [-0.05, 0) is 29.8 Å². The summed E-state index contributed by atoms with van der Waals surface area (Å²) in [5, 5.41) is 4.39. The zero-order valence-electron chi connectivity index (χ0n) is 12.6. The highest BCUT2D eigenvalue weighted by Gasteiger charge is 2.28. The summed E-state index contributed by atoms with van der Waals surface area (Å²) in [5.74, 6) is 0. The highest BCUT2D eigenvalue weighted by atomic mass is 35.5. The molecule has 0 unspecified atom stereocenters. The van der Waals surface area contributed by atoms with Gasteiger partial charge in [-0.2, -0.15) is 5.10 Å². The molecule has 130 valence electrons. The zero-order valence-corrected chi connectivity index (χ0v) is 13.4. The van der Waals surface area contributed by atoms with E-state index >= 15 is 0 Å². The molecule has 0 aliphatic carbocycles. The van der Waals surface area contributed by atoms with Crippen LogP contribution in [0.15, 0.2) is 43.0 Å². The molecule has 6 nitrogen and oxygen atoms in total. The molecular weight excluding hydrogens is 359 g/mol. The van der Waals surface area contributed by atoms with Crippen molar-refractivity contribution >= 4 is 11.6 Å². The molecule has 3 rings (SSSR count). The van der Waals surface area contributed by atoms with Crippen LogP contribution in [0.2, 0.25) is 5.28 Å². The Morgan fingerprint density at radius 1 is 1.20 bits per heavy atom. The number of ether oxygens (including phenoxy) is 1. The second-order valence-corrected chi connectivity index (χ2v) is 5.24. The van der Waals surface area contributed by atoms with Crippen molar-refractivity contribution in [2.75, 3.05) is 6.61 Å². The van der Waals surface area contributed by atoms with Crippen LogP contribution in [0.1, 0.15) is 0 Å². The van der Waals surface area contributed by atoms with Crippen LogP contribution in [0, 0.1) is 0 Å². The Morgan fingerprint density at radius 2 is 2.04 bits per heavy atom. The maximum Gasteiger partial charge on any atom is 0.522 e. The number of nitrogens with zero attached hydrogens (tertiary/aromatic N) is 5. The van der Waals surface area contributed by atoms with Gasteiger partial charge in [-0.3, -0.25) is 14.4 Å². The topological polar surface area (TPSA) is 65.7 Å². The first-order chi connectivity index (χ1) is 11.9. The predicted molar refractivity (Wildman–Crippen MR) is 83.5 cm³/mol. The smallest absolute Gasteiger partial charge is 0.290 e. The summed E-state index contributed by atoms with van der Waals surface area (Å²) >= 11 is 5.83. The van der Waals surface area contributed by atoms with E-state index in [4.69, 9.17) is 11.6 Å². The second kappa shape index (κ2) is 7.16. The molecule has 0 bridgehead atoms. The first kappa shape index (κ1) is 17.3. The summed E-state index contributed by atoms with van der Waals surface area (Å²) < 4.78 is 41.5. The van der Waals surface area contributed by atoms with Gasteiger partial charge < -0.3 is 0 Å². The van der Waals surface area contributed by atoms with E-state index in [1.54, 1.807) is 36.8 Å². The molecule has 3 aromatic rings. The van der Waals surface area contributed by atoms with Crippen molar-refractivity contribution in [1.29, 1.82) is 0 Å². The van der Waals surface area contributed by atoms with Gasteiger partial charge in [-0.25, -0.2) is 9.97 Å². The van der Waals surface area contributed by atoms with Crippen LogP contribution in [-0.4, -0.2) is 37.7 Å². The van der Waals surface area contributed by atoms with Gasteiger partial charge in [0.15, 0.2) is 0 Å². The van der Waals surface area contributed by atoms with Crippen LogP contribution >= 0.6 is 11.6 Å². The fourth-order valence-corrected chi connectivity index (χ4v) is 2.33. The van der Waals surface area contributed by atoms with E-state index in [2.05, 4.69) is 24.8 Å². The summed E-state index contributed by atoms with van der Waals surface area (Å²) in [6.45, 7) is -0.632. The lowest BCUT2D eigenvalue weighted by atomic mass is 10.1. The van der Waals surface area contributed by atoms with Crippen molar-refractivity contribution < 1.29 is 17.9 Å². The number of hydrogen-bond donors (Lipinski definition) is 0. The van der Waals surface area contributed by atoms with Crippen molar-refractivity contribution in [3.8, 4) is 22.5 Å². The molecule has 25 heavy (non-hydrogen) atoms. The molecule has 0 amide bonds. The van der Waals surface area contributed by atoms with Gasteiger partial charge in [0.25, 0.3) is 0 Å². The molecule has 0 aliphatic rings. The fraction of sp³-hybridized carbons (Fsp3) is 0.200. The molecule has 10 heteroatoms. The highest BCUT2D eigenvalue weighted by Crippen LogP contribution is 2.29. The number of rotatable bonds is 5. The summed E-state index contributed by atoms with van der Waals surface area (Å²) in [4.78, 5) is 12.0. The summed E-state index contributed by atoms with van der Waals surface area (Å²) in [6, 6.07) is 5.16. The quantitative estimate of drug-likeness (QED) is 0.643. The lowest BCUT2D eigenvalue weighted by Gasteiger charge is -2.06. The average molecular weight is 370 g/mol. The zero-order chi connectivity index (χ0) is 17.9. The normalized spacial score (nSPS) is 11.7. The number of aromatic nitrogens is 5. The molecule has 0 saturated heterocycles. The Morgan fingerprint density at radius 3 is 2.72 bits per heavy atom. The number of halogens is 4.